The minimum absolute atomic E-state index is 0.0302. The van der Waals surface area contributed by atoms with Crippen molar-refractivity contribution in [2.24, 2.45) is 17.4 Å². The van der Waals surface area contributed by atoms with Gasteiger partial charge in [0.05, 0.1) is 52.4 Å². The van der Waals surface area contributed by atoms with Gasteiger partial charge in [-0.25, -0.2) is 4.57 Å². The molecule has 5 atom stereocenters. The van der Waals surface area contributed by atoms with Crippen molar-refractivity contribution in [3.8, 4) is 0 Å². The van der Waals surface area contributed by atoms with Gasteiger partial charge >= 0.3 is 15.4 Å². The lowest BCUT2D eigenvalue weighted by atomic mass is 10.1. The van der Waals surface area contributed by atoms with Crippen molar-refractivity contribution >= 4 is 15.4 Å². The second kappa shape index (κ2) is 57.7. The summed E-state index contributed by atoms with van der Waals surface area (Å²) in [4.78, 5) is 0. The van der Waals surface area contributed by atoms with Gasteiger partial charge in [0.1, 0.15) is 12.2 Å². The minimum atomic E-state index is -4.07. The monoisotopic (exact) mass is 1100 g/mol. The summed E-state index contributed by atoms with van der Waals surface area (Å²) in [6.45, 7) is 11.6. The molecule has 5 N–H and O–H groups in total. The molecular weight excluding hydrogens is 975 g/mol. The van der Waals surface area contributed by atoms with Crippen LogP contribution in [0.1, 0.15) is 278 Å². The first-order valence-corrected chi connectivity index (χ1v) is 34.6. The summed E-state index contributed by atoms with van der Waals surface area (Å²) >= 11 is 0. The Hall–Kier alpha value is 0.0200. The van der Waals surface area contributed by atoms with Crippen molar-refractivity contribution in [1.82, 2.24) is 0 Å². The van der Waals surface area contributed by atoms with Gasteiger partial charge in [0, 0.05) is 25.7 Å². The Bertz CT molecular complexity index is 1210. The molecule has 0 saturated heterocycles. The number of ether oxygens (including phenoxy) is 3. The van der Waals surface area contributed by atoms with Gasteiger partial charge in [-0.15, -0.1) is 0 Å². The van der Waals surface area contributed by atoms with Crippen LogP contribution in [0, 0.1) is 5.92 Å². The molecule has 0 aliphatic heterocycles. The van der Waals surface area contributed by atoms with E-state index < -0.39 is 34.2 Å². The number of aliphatic hydroxyl groups is 1. The third-order valence-corrected chi connectivity index (χ3v) is 17.1. The molecule has 0 saturated carbocycles. The van der Waals surface area contributed by atoms with Gasteiger partial charge in [-0.3, -0.25) is 18.1 Å². The van der Waals surface area contributed by atoms with E-state index in [4.69, 9.17) is 48.3 Å². The zero-order valence-corrected chi connectivity index (χ0v) is 50.9. The number of nitrogens with two attached hydrogens (primary N) is 2. The maximum Gasteiger partial charge on any atom is 0.474 e. The molecule has 0 aromatic rings. The molecule has 0 spiro atoms. The lowest BCUT2D eigenvalue weighted by molar-refractivity contribution is -0.0425. The molecule has 0 rings (SSSR count). The predicted octanol–water partition coefficient (Wildman–Crippen LogP) is 17.0. The number of hydrogen-bond donors (Lipinski definition) is 3. The maximum absolute atomic E-state index is 14.2. The number of phosphoric ester groups is 1. The Labute approximate surface area is 457 Å². The van der Waals surface area contributed by atoms with Gasteiger partial charge in [-0.05, 0) is 51.6 Å². The van der Waals surface area contributed by atoms with Crippen molar-refractivity contribution < 1.29 is 51.1 Å². The first kappa shape index (κ1) is 74.0. The van der Waals surface area contributed by atoms with E-state index in [0.717, 1.165) is 38.5 Å². The fraction of sp³-hybridized carbons (Fsp3) is 1.00. The Balaban J connectivity index is 5.06. The molecule has 0 aromatic carbocycles. The zero-order valence-electron chi connectivity index (χ0n) is 49.1. The summed E-state index contributed by atoms with van der Waals surface area (Å²) in [5.74, 6) is -0.0655. The summed E-state index contributed by atoms with van der Waals surface area (Å²) in [6, 6.07) is 0. The smallest absolute Gasteiger partial charge is 0.388 e. The van der Waals surface area contributed by atoms with Crippen molar-refractivity contribution in [2.45, 2.75) is 290 Å². The second-order valence-electron chi connectivity index (χ2n) is 21.5. The molecule has 0 fully saturated rings. The third-order valence-electron chi connectivity index (χ3n) is 13.7. The second-order valence-corrected chi connectivity index (χ2v) is 25.4. The Kier molecular flexibility index (Phi) is 57.7. The number of unbranched alkanes of at least 4 members (excludes halogenated alkanes) is 34. The summed E-state index contributed by atoms with van der Waals surface area (Å²) in [6.07, 6.45) is 46.2. The highest BCUT2D eigenvalue weighted by molar-refractivity contribution is 7.53. The molecule has 0 aliphatic carbocycles. The van der Waals surface area contributed by atoms with Crippen LogP contribution in [0.2, 0.25) is 0 Å². The Morgan fingerprint density at radius 1 is 0.365 bits per heavy atom. The number of rotatable bonds is 64. The first-order valence-electron chi connectivity index (χ1n) is 31.4. The van der Waals surface area contributed by atoms with Crippen LogP contribution in [-0.4, -0.2) is 103 Å². The average Bonchev–Trinajstić information content (AvgIpc) is 3.40. The summed E-state index contributed by atoms with van der Waals surface area (Å²) in [5.41, 5.74) is 11.5. The number of aliphatic hydroxyl groups excluding tert-OH is 1. The standard InChI is InChI=1S/C59H124N2O11P2/c1-5-8-11-14-17-20-23-26-29-32-35-39-46-65-51-57(4)52-71-74(64,68-49-43-45-61)72-54-58(62)53-69-73(63,50-42-38-44-60)70-56-59(67-48-41-37-34-31-28-25-22-19-16-13-10-7-3)55-66-47-40-36-33-30-27-24-21-18-15-12-9-6-2/h57-59,62H,5-56,60-61H2,1-4H3. The highest BCUT2D eigenvalue weighted by Crippen LogP contribution is 2.51. The molecule has 5 unspecified atom stereocenters. The van der Waals surface area contributed by atoms with E-state index in [1.54, 1.807) is 0 Å². The van der Waals surface area contributed by atoms with Gasteiger partial charge in [0.15, 0.2) is 0 Å². The highest BCUT2D eigenvalue weighted by atomic mass is 31.2. The van der Waals surface area contributed by atoms with E-state index in [1.165, 1.54) is 193 Å². The van der Waals surface area contributed by atoms with Crippen LogP contribution in [-0.2, 0) is 46.0 Å². The van der Waals surface area contributed by atoms with Gasteiger partial charge in [0.25, 0.3) is 0 Å². The molecule has 0 bridgehead atoms. The molecule has 0 radical (unpaired) electrons. The number of hydrogen-bond acceptors (Lipinski definition) is 13. The summed E-state index contributed by atoms with van der Waals surface area (Å²) < 4.78 is 75.2. The van der Waals surface area contributed by atoms with Gasteiger partial charge in [-0.2, -0.15) is 0 Å². The fourth-order valence-corrected chi connectivity index (χ4v) is 11.9. The summed E-state index contributed by atoms with van der Waals surface area (Å²) in [7, 11) is -7.78. The van der Waals surface area contributed by atoms with E-state index in [1.807, 2.05) is 6.92 Å². The van der Waals surface area contributed by atoms with Crippen LogP contribution in [0.15, 0.2) is 0 Å². The quantitative estimate of drug-likeness (QED) is 0.0387. The third kappa shape index (κ3) is 52.7. The van der Waals surface area contributed by atoms with E-state index >= 15 is 0 Å². The van der Waals surface area contributed by atoms with Crippen molar-refractivity contribution in [1.29, 1.82) is 0 Å². The first-order chi connectivity index (χ1) is 36.2. The normalized spacial score (nSPS) is 14.9. The van der Waals surface area contributed by atoms with Crippen LogP contribution in [0.3, 0.4) is 0 Å². The van der Waals surface area contributed by atoms with E-state index in [0.29, 0.717) is 65.4 Å². The lowest BCUT2D eigenvalue weighted by Crippen LogP contribution is -2.27. The van der Waals surface area contributed by atoms with Crippen LogP contribution < -0.4 is 11.5 Å². The molecule has 74 heavy (non-hydrogen) atoms. The van der Waals surface area contributed by atoms with Crippen LogP contribution in [0.5, 0.6) is 0 Å². The minimum Gasteiger partial charge on any atom is -0.388 e. The van der Waals surface area contributed by atoms with E-state index in [9.17, 15) is 14.2 Å². The van der Waals surface area contributed by atoms with Crippen LogP contribution in [0.4, 0.5) is 0 Å². The Morgan fingerprint density at radius 2 is 0.730 bits per heavy atom. The summed E-state index contributed by atoms with van der Waals surface area (Å²) in [5, 5.41) is 11.0. The topological polar surface area (TPSA) is 180 Å². The molecular formula is C59H124N2O11P2. The highest BCUT2D eigenvalue weighted by Gasteiger charge is 2.31. The van der Waals surface area contributed by atoms with Gasteiger partial charge < -0.3 is 39.8 Å². The molecule has 0 aromatic heterocycles. The molecule has 0 aliphatic rings. The van der Waals surface area contributed by atoms with Crippen molar-refractivity contribution in [2.75, 3.05) is 85.3 Å². The van der Waals surface area contributed by atoms with E-state index in [-0.39, 0.29) is 38.5 Å². The predicted molar refractivity (Wildman–Crippen MR) is 312 cm³/mol. The Morgan fingerprint density at radius 3 is 1.16 bits per heavy atom. The fourth-order valence-electron chi connectivity index (χ4n) is 8.80. The number of phosphoric acid groups is 1. The average molecular weight is 1100 g/mol. The van der Waals surface area contributed by atoms with Crippen molar-refractivity contribution in [3.05, 3.63) is 0 Å². The maximum atomic E-state index is 14.2. The van der Waals surface area contributed by atoms with Crippen LogP contribution >= 0.6 is 15.4 Å². The van der Waals surface area contributed by atoms with Crippen molar-refractivity contribution in [3.63, 3.8) is 0 Å². The largest absolute Gasteiger partial charge is 0.474 e. The molecule has 0 heterocycles. The van der Waals surface area contributed by atoms with E-state index in [2.05, 4.69) is 20.8 Å². The SMILES string of the molecule is CCCCCCCCCCCCCCOCC(C)COP(=O)(OCCCN)OCC(O)COP(=O)(CCCCN)OCC(COCCCCCCCCCCCCCC)OCCCCCCCCCCCCCC. The molecule has 446 valence electrons. The molecule has 15 heteroatoms. The molecule has 0 amide bonds. The lowest BCUT2D eigenvalue weighted by Gasteiger charge is -2.25. The van der Waals surface area contributed by atoms with Gasteiger partial charge in [0.2, 0.25) is 0 Å². The van der Waals surface area contributed by atoms with Gasteiger partial charge in [-0.1, -0.05) is 240 Å². The molecule has 13 nitrogen and oxygen atoms in total. The zero-order chi connectivity index (χ0) is 54.2. The van der Waals surface area contributed by atoms with Crippen LogP contribution in [0.25, 0.3) is 0 Å².